The lowest BCUT2D eigenvalue weighted by molar-refractivity contribution is -0.119. The highest BCUT2D eigenvalue weighted by atomic mass is 16.2. The third-order valence-electron chi connectivity index (χ3n) is 4.23. The van der Waals surface area contributed by atoms with E-state index < -0.39 is 0 Å². The molecule has 1 N–H and O–H groups in total. The molecule has 0 spiro atoms. The zero-order valence-corrected chi connectivity index (χ0v) is 12.1. The Morgan fingerprint density at radius 1 is 1.32 bits per heavy atom. The van der Waals surface area contributed by atoms with Crippen molar-refractivity contribution in [2.45, 2.75) is 45.7 Å². The van der Waals surface area contributed by atoms with Crippen LogP contribution < -0.4 is 10.2 Å². The summed E-state index contributed by atoms with van der Waals surface area (Å²) in [4.78, 5) is 14.3. The first-order valence-corrected chi connectivity index (χ1v) is 7.26. The number of hydrogen-bond acceptors (Lipinski definition) is 2. The minimum absolute atomic E-state index is 0.0239. The fraction of sp³-hybridized carbons (Fsp3) is 0.562. The van der Waals surface area contributed by atoms with E-state index in [0.717, 1.165) is 25.1 Å². The molecular weight excluding hydrogens is 236 g/mol. The highest BCUT2D eigenvalue weighted by Crippen LogP contribution is 2.22. The van der Waals surface area contributed by atoms with Crippen molar-refractivity contribution in [1.29, 1.82) is 0 Å². The van der Waals surface area contributed by atoms with E-state index in [9.17, 15) is 4.79 Å². The van der Waals surface area contributed by atoms with Crippen molar-refractivity contribution < 1.29 is 4.79 Å². The molecule has 1 aliphatic heterocycles. The number of hydrogen-bond donors (Lipinski definition) is 1. The van der Waals surface area contributed by atoms with Gasteiger partial charge >= 0.3 is 0 Å². The van der Waals surface area contributed by atoms with Crippen LogP contribution in [-0.4, -0.2) is 24.5 Å². The minimum Gasteiger partial charge on any atom is -0.311 e. The zero-order chi connectivity index (χ0) is 13.8. The molecular formula is C16H24N2O. The van der Waals surface area contributed by atoms with Gasteiger partial charge in [-0.3, -0.25) is 4.79 Å². The highest BCUT2D eigenvalue weighted by molar-refractivity contribution is 5.99. The molecule has 0 aliphatic carbocycles. The monoisotopic (exact) mass is 260 g/mol. The Balaban J connectivity index is 1.99. The van der Waals surface area contributed by atoms with Crippen molar-refractivity contribution in [2.75, 3.05) is 11.4 Å². The van der Waals surface area contributed by atoms with Crippen LogP contribution in [0.4, 0.5) is 5.69 Å². The van der Waals surface area contributed by atoms with Crippen molar-refractivity contribution in [3.8, 4) is 0 Å². The van der Waals surface area contributed by atoms with Crippen molar-refractivity contribution in [1.82, 2.24) is 5.32 Å². The molecule has 3 nitrogen and oxygen atoms in total. The van der Waals surface area contributed by atoms with Crippen molar-refractivity contribution in [3.63, 3.8) is 0 Å². The number of para-hydroxylation sites is 1. The normalized spacial score (nSPS) is 22.6. The fourth-order valence-electron chi connectivity index (χ4n) is 2.53. The molecule has 1 amide bonds. The second-order valence-corrected chi connectivity index (χ2v) is 5.51. The number of carbonyl (C=O) groups is 1. The number of nitrogens with one attached hydrogen (secondary N) is 1. The largest absolute Gasteiger partial charge is 0.311 e. The van der Waals surface area contributed by atoms with Crippen LogP contribution in [0.15, 0.2) is 30.3 Å². The number of carbonyl (C=O) groups excluding carboxylic acids is 1. The molecule has 104 valence electrons. The molecule has 0 aromatic heterocycles. The maximum atomic E-state index is 12.4. The first-order valence-electron chi connectivity index (χ1n) is 7.26. The molecule has 1 saturated heterocycles. The lowest BCUT2D eigenvalue weighted by Gasteiger charge is -2.24. The summed E-state index contributed by atoms with van der Waals surface area (Å²) >= 11 is 0. The quantitative estimate of drug-likeness (QED) is 0.883. The van der Waals surface area contributed by atoms with Gasteiger partial charge in [0.25, 0.3) is 0 Å². The summed E-state index contributed by atoms with van der Waals surface area (Å²) in [5.74, 6) is 0.805. The Morgan fingerprint density at radius 3 is 2.63 bits per heavy atom. The number of nitrogens with zero attached hydrogens (tertiary/aromatic N) is 1. The summed E-state index contributed by atoms with van der Waals surface area (Å²) in [6.45, 7) is 7.40. The standard InChI is InChI=1S/C16H24N2O/c1-4-12(2)13(3)17-15-10-11-18(16(15)19)14-8-6-5-7-9-14/h5-9,12-13,15,17H,4,10-11H2,1-3H3. The maximum Gasteiger partial charge on any atom is 0.244 e. The van der Waals surface area contributed by atoms with Gasteiger partial charge in [0.05, 0.1) is 6.04 Å². The molecule has 1 heterocycles. The molecule has 3 unspecified atom stereocenters. The third-order valence-corrected chi connectivity index (χ3v) is 4.23. The molecule has 2 rings (SSSR count). The fourth-order valence-corrected chi connectivity index (χ4v) is 2.53. The Kier molecular flexibility index (Phi) is 4.59. The summed E-state index contributed by atoms with van der Waals surface area (Å²) < 4.78 is 0. The molecule has 1 aromatic carbocycles. The molecule has 19 heavy (non-hydrogen) atoms. The lowest BCUT2D eigenvalue weighted by Crippen LogP contribution is -2.44. The van der Waals surface area contributed by atoms with Gasteiger partial charge in [-0.1, -0.05) is 38.5 Å². The van der Waals surface area contributed by atoms with E-state index in [-0.39, 0.29) is 11.9 Å². The molecule has 1 fully saturated rings. The second-order valence-electron chi connectivity index (χ2n) is 5.51. The van der Waals surface area contributed by atoms with Crippen LogP contribution >= 0.6 is 0 Å². The van der Waals surface area contributed by atoms with Crippen LogP contribution in [0, 0.1) is 5.92 Å². The maximum absolute atomic E-state index is 12.4. The van der Waals surface area contributed by atoms with Gasteiger partial charge in [0.1, 0.15) is 0 Å². The van der Waals surface area contributed by atoms with Gasteiger partial charge in [-0.2, -0.15) is 0 Å². The van der Waals surface area contributed by atoms with Crippen LogP contribution in [-0.2, 0) is 4.79 Å². The topological polar surface area (TPSA) is 32.3 Å². The molecule has 1 aliphatic rings. The average molecular weight is 260 g/mol. The first-order chi connectivity index (χ1) is 9.13. The van der Waals surface area contributed by atoms with Gasteiger partial charge in [-0.15, -0.1) is 0 Å². The van der Waals surface area contributed by atoms with E-state index in [1.165, 1.54) is 0 Å². The summed E-state index contributed by atoms with van der Waals surface area (Å²) in [6, 6.07) is 10.3. The van der Waals surface area contributed by atoms with Crippen molar-refractivity contribution in [3.05, 3.63) is 30.3 Å². The molecule has 0 radical (unpaired) electrons. The lowest BCUT2D eigenvalue weighted by atomic mass is 10.00. The number of benzene rings is 1. The van der Waals surface area contributed by atoms with E-state index in [0.29, 0.717) is 12.0 Å². The van der Waals surface area contributed by atoms with Crippen molar-refractivity contribution in [2.24, 2.45) is 5.92 Å². The number of anilines is 1. The van der Waals surface area contributed by atoms with Gasteiger partial charge < -0.3 is 10.2 Å². The van der Waals surface area contributed by atoms with Gasteiger partial charge in [0, 0.05) is 18.3 Å². The second kappa shape index (κ2) is 6.20. The van der Waals surface area contributed by atoms with Gasteiger partial charge in [-0.05, 0) is 31.4 Å². The first kappa shape index (κ1) is 14.1. The van der Waals surface area contributed by atoms with Crippen LogP contribution in [0.5, 0.6) is 0 Å². The molecule has 3 heteroatoms. The Hall–Kier alpha value is -1.35. The van der Waals surface area contributed by atoms with Crippen LogP contribution in [0.3, 0.4) is 0 Å². The zero-order valence-electron chi connectivity index (χ0n) is 12.1. The SMILES string of the molecule is CCC(C)C(C)NC1CCN(c2ccccc2)C1=O. The average Bonchev–Trinajstić information content (AvgIpc) is 2.80. The highest BCUT2D eigenvalue weighted by Gasteiger charge is 2.33. The Bertz CT molecular complexity index is 418. The van der Waals surface area contributed by atoms with Crippen LogP contribution in [0.1, 0.15) is 33.6 Å². The van der Waals surface area contributed by atoms with E-state index in [4.69, 9.17) is 0 Å². The summed E-state index contributed by atoms with van der Waals surface area (Å²) in [5, 5.41) is 3.49. The Labute approximate surface area is 116 Å². The van der Waals surface area contributed by atoms with E-state index in [2.05, 4.69) is 26.1 Å². The molecule has 3 atom stereocenters. The van der Waals surface area contributed by atoms with E-state index >= 15 is 0 Å². The molecule has 1 aromatic rings. The van der Waals surface area contributed by atoms with Crippen LogP contribution in [0.25, 0.3) is 0 Å². The van der Waals surface area contributed by atoms with Gasteiger partial charge in [-0.25, -0.2) is 0 Å². The number of rotatable bonds is 5. The smallest absolute Gasteiger partial charge is 0.244 e. The van der Waals surface area contributed by atoms with Gasteiger partial charge in [0.2, 0.25) is 5.91 Å². The summed E-state index contributed by atoms with van der Waals surface area (Å²) in [6.07, 6.45) is 2.03. The van der Waals surface area contributed by atoms with E-state index in [1.54, 1.807) is 0 Å². The predicted molar refractivity (Wildman–Crippen MR) is 79.3 cm³/mol. The predicted octanol–water partition coefficient (Wildman–Crippen LogP) is 2.82. The molecule has 0 saturated carbocycles. The van der Waals surface area contributed by atoms with Gasteiger partial charge in [0.15, 0.2) is 0 Å². The Morgan fingerprint density at radius 2 is 2.00 bits per heavy atom. The third kappa shape index (κ3) is 3.16. The summed E-state index contributed by atoms with van der Waals surface area (Å²) in [5.41, 5.74) is 1.01. The van der Waals surface area contributed by atoms with Crippen molar-refractivity contribution >= 4 is 11.6 Å². The molecule has 0 bridgehead atoms. The summed E-state index contributed by atoms with van der Waals surface area (Å²) in [7, 11) is 0. The van der Waals surface area contributed by atoms with Crippen LogP contribution in [0.2, 0.25) is 0 Å². The minimum atomic E-state index is -0.0239. The van der Waals surface area contributed by atoms with E-state index in [1.807, 2.05) is 35.2 Å². The number of amides is 1.